The first kappa shape index (κ1) is 16.3. The largest absolute Gasteiger partial charge is 0.481 e. The highest BCUT2D eigenvalue weighted by atomic mass is 17.1. The van der Waals surface area contributed by atoms with Crippen molar-refractivity contribution in [3.8, 4) is 17.8 Å². The third-order valence-corrected chi connectivity index (χ3v) is 5.34. The van der Waals surface area contributed by atoms with Gasteiger partial charge in [0.15, 0.2) is 0 Å². The zero-order valence-electron chi connectivity index (χ0n) is 15.3. The molecule has 0 bridgehead atoms. The molecule has 1 aromatic carbocycles. The van der Waals surface area contributed by atoms with Crippen LogP contribution in [0.1, 0.15) is 22.3 Å². The summed E-state index contributed by atoms with van der Waals surface area (Å²) in [6.45, 7) is 6.04. The molecule has 132 valence electrons. The van der Waals surface area contributed by atoms with Crippen LogP contribution in [0.15, 0.2) is 18.2 Å². The molecule has 3 heterocycles. The van der Waals surface area contributed by atoms with Gasteiger partial charge in [0.1, 0.15) is 17.1 Å². The molecule has 4 aromatic rings. The lowest BCUT2D eigenvalue weighted by atomic mass is 10.0. The number of rotatable bonds is 2. The number of benzene rings is 1. The molecular weight excluding hydrogens is 330 g/mol. The Morgan fingerprint density at radius 2 is 1.81 bits per heavy atom. The van der Waals surface area contributed by atoms with Crippen LogP contribution in [-0.4, -0.2) is 21.3 Å². The minimum Gasteiger partial charge on any atom is -0.481 e. The van der Waals surface area contributed by atoms with Gasteiger partial charge in [-0.15, -0.1) is 0 Å². The lowest BCUT2D eigenvalue weighted by Gasteiger charge is -2.12. The van der Waals surface area contributed by atoms with Gasteiger partial charge in [-0.1, -0.05) is 12.1 Å². The zero-order chi connectivity index (χ0) is 18.7. The van der Waals surface area contributed by atoms with Crippen LogP contribution in [0.2, 0.25) is 0 Å². The second-order valence-corrected chi connectivity index (χ2v) is 6.63. The van der Waals surface area contributed by atoms with E-state index in [0.29, 0.717) is 11.4 Å². The van der Waals surface area contributed by atoms with Crippen LogP contribution in [-0.2, 0) is 7.05 Å². The Hall–Kier alpha value is -3.17. The highest BCUT2D eigenvalue weighted by molar-refractivity contribution is 6.19. The first-order valence-corrected chi connectivity index (χ1v) is 8.28. The SMILES string of the molecule is COc1c(C#N)c(C)cc2c3c4ccc(C)c(C)c4n(C)c3c(OO)n12. The Kier molecular flexibility index (Phi) is 3.40. The van der Waals surface area contributed by atoms with Gasteiger partial charge in [0.25, 0.3) is 5.88 Å². The van der Waals surface area contributed by atoms with Crippen molar-refractivity contribution in [2.75, 3.05) is 7.11 Å². The second kappa shape index (κ2) is 5.41. The Morgan fingerprint density at radius 3 is 2.42 bits per heavy atom. The minimum absolute atomic E-state index is 0.235. The summed E-state index contributed by atoms with van der Waals surface area (Å²) in [4.78, 5) is 4.80. The highest BCUT2D eigenvalue weighted by Crippen LogP contribution is 2.43. The van der Waals surface area contributed by atoms with Crippen molar-refractivity contribution in [1.82, 2.24) is 8.97 Å². The van der Waals surface area contributed by atoms with Gasteiger partial charge < -0.3 is 14.2 Å². The monoisotopic (exact) mass is 349 g/mol. The number of aromatic nitrogens is 2. The van der Waals surface area contributed by atoms with Crippen LogP contribution in [0.25, 0.3) is 27.3 Å². The van der Waals surface area contributed by atoms with Gasteiger partial charge in [-0.3, -0.25) is 0 Å². The number of hydrogen-bond acceptors (Lipinski definition) is 4. The molecule has 4 rings (SSSR count). The lowest BCUT2D eigenvalue weighted by Crippen LogP contribution is -2.02. The lowest BCUT2D eigenvalue weighted by molar-refractivity contribution is -0.141. The summed E-state index contributed by atoms with van der Waals surface area (Å²) < 4.78 is 9.18. The number of nitriles is 1. The fourth-order valence-electron chi connectivity index (χ4n) is 3.99. The van der Waals surface area contributed by atoms with E-state index in [4.69, 9.17) is 9.62 Å². The molecule has 0 atom stereocenters. The van der Waals surface area contributed by atoms with Gasteiger partial charge in [0, 0.05) is 17.8 Å². The third kappa shape index (κ3) is 1.78. The average Bonchev–Trinajstić information content (AvgIpc) is 3.10. The maximum absolute atomic E-state index is 9.68. The number of fused-ring (bicyclic) bond motifs is 5. The topological polar surface area (TPSA) is 71.8 Å². The summed E-state index contributed by atoms with van der Waals surface area (Å²) in [6, 6.07) is 8.28. The highest BCUT2D eigenvalue weighted by Gasteiger charge is 2.26. The van der Waals surface area contributed by atoms with Crippen molar-refractivity contribution in [3.63, 3.8) is 0 Å². The molecule has 0 saturated heterocycles. The Labute approximate surface area is 150 Å². The van der Waals surface area contributed by atoms with Crippen LogP contribution < -0.4 is 9.62 Å². The number of pyridine rings is 1. The summed E-state index contributed by atoms with van der Waals surface area (Å²) in [6.07, 6.45) is 0. The first-order valence-electron chi connectivity index (χ1n) is 8.28. The Balaban J connectivity index is 2.38. The standard InChI is InChI=1S/C20H19N3O3/c1-10-6-7-13-16-15-8-11(2)14(9-21)19(25-5)23(15)20(26-24)18(16)22(4)17(13)12(10)3/h6-8,24H,1-5H3. The second-order valence-electron chi connectivity index (χ2n) is 6.63. The third-order valence-electron chi connectivity index (χ3n) is 5.34. The Bertz CT molecular complexity index is 1260. The van der Waals surface area contributed by atoms with E-state index < -0.39 is 0 Å². The smallest absolute Gasteiger partial charge is 0.268 e. The van der Waals surface area contributed by atoms with Crippen molar-refractivity contribution in [3.05, 3.63) is 40.5 Å². The maximum atomic E-state index is 9.68. The molecule has 0 saturated carbocycles. The van der Waals surface area contributed by atoms with Crippen molar-refractivity contribution in [2.45, 2.75) is 20.8 Å². The molecule has 0 radical (unpaired) electrons. The van der Waals surface area contributed by atoms with Crippen LogP contribution in [0.4, 0.5) is 0 Å². The van der Waals surface area contributed by atoms with Crippen molar-refractivity contribution < 1.29 is 14.9 Å². The van der Waals surface area contributed by atoms with Crippen LogP contribution >= 0.6 is 0 Å². The van der Waals surface area contributed by atoms with Gasteiger partial charge in [0.2, 0.25) is 5.88 Å². The molecule has 0 amide bonds. The Morgan fingerprint density at radius 1 is 1.08 bits per heavy atom. The van der Waals surface area contributed by atoms with E-state index in [-0.39, 0.29) is 5.88 Å². The van der Waals surface area contributed by atoms with E-state index in [9.17, 15) is 10.5 Å². The molecule has 0 unspecified atom stereocenters. The summed E-state index contributed by atoms with van der Waals surface area (Å²) in [5.74, 6) is 0.582. The van der Waals surface area contributed by atoms with Gasteiger partial charge in [0.05, 0.1) is 18.1 Å². The zero-order valence-corrected chi connectivity index (χ0v) is 15.3. The van der Waals surface area contributed by atoms with E-state index in [2.05, 4.69) is 32.0 Å². The van der Waals surface area contributed by atoms with E-state index in [1.165, 1.54) is 18.2 Å². The summed E-state index contributed by atoms with van der Waals surface area (Å²) >= 11 is 0. The van der Waals surface area contributed by atoms with Crippen LogP contribution in [0.5, 0.6) is 11.8 Å². The van der Waals surface area contributed by atoms with E-state index in [1.807, 2.05) is 24.6 Å². The number of hydrogen-bond donors (Lipinski definition) is 1. The van der Waals surface area contributed by atoms with Crippen molar-refractivity contribution >= 4 is 27.3 Å². The van der Waals surface area contributed by atoms with Gasteiger partial charge in [-0.2, -0.15) is 5.26 Å². The first-order chi connectivity index (χ1) is 12.5. The van der Waals surface area contributed by atoms with Crippen LogP contribution in [0, 0.1) is 32.1 Å². The summed E-state index contributed by atoms with van der Waals surface area (Å²) in [7, 11) is 3.45. The number of nitrogens with zero attached hydrogens (tertiary/aromatic N) is 3. The summed E-state index contributed by atoms with van der Waals surface area (Å²) in [5.41, 5.74) is 6.27. The average molecular weight is 349 g/mol. The van der Waals surface area contributed by atoms with Gasteiger partial charge in [-0.25, -0.2) is 9.66 Å². The fourth-order valence-corrected chi connectivity index (χ4v) is 3.99. The number of ether oxygens (including phenoxy) is 1. The normalized spacial score (nSPS) is 11.4. The molecule has 0 fully saturated rings. The molecular formula is C20H19N3O3. The predicted octanol–water partition coefficient (Wildman–Crippen LogP) is 4.24. The minimum atomic E-state index is 0.235. The van der Waals surface area contributed by atoms with Crippen molar-refractivity contribution in [1.29, 1.82) is 5.26 Å². The van der Waals surface area contributed by atoms with E-state index in [0.717, 1.165) is 32.9 Å². The van der Waals surface area contributed by atoms with E-state index in [1.54, 1.807) is 4.40 Å². The molecule has 26 heavy (non-hydrogen) atoms. The van der Waals surface area contributed by atoms with Gasteiger partial charge >= 0.3 is 0 Å². The molecule has 0 spiro atoms. The molecule has 0 aliphatic carbocycles. The molecule has 0 aliphatic heterocycles. The van der Waals surface area contributed by atoms with E-state index >= 15 is 0 Å². The molecule has 3 aromatic heterocycles. The quantitative estimate of drug-likeness (QED) is 0.434. The fraction of sp³-hybridized carbons (Fsp3) is 0.250. The van der Waals surface area contributed by atoms with Crippen molar-refractivity contribution in [2.24, 2.45) is 7.05 Å². The summed E-state index contributed by atoms with van der Waals surface area (Å²) in [5, 5.41) is 21.2. The predicted molar refractivity (Wildman–Crippen MR) is 100 cm³/mol. The molecule has 6 nitrogen and oxygen atoms in total. The number of aryl methyl sites for hydroxylation is 4. The number of methoxy groups -OCH3 is 1. The molecule has 6 heteroatoms. The maximum Gasteiger partial charge on any atom is 0.268 e. The molecule has 0 aliphatic rings. The van der Waals surface area contributed by atoms with Crippen LogP contribution in [0.3, 0.4) is 0 Å². The molecule has 1 N–H and O–H groups in total. The van der Waals surface area contributed by atoms with Gasteiger partial charge in [-0.05, 0) is 43.5 Å².